The molecule has 0 radical (unpaired) electrons. The van der Waals surface area contributed by atoms with E-state index in [4.69, 9.17) is 4.42 Å². The third-order valence-corrected chi connectivity index (χ3v) is 1.40. The minimum atomic E-state index is 0.319. The maximum atomic E-state index is 5.12. The van der Waals surface area contributed by atoms with E-state index in [1.165, 1.54) is 0 Å². The molecule has 0 amide bonds. The molecule has 1 aromatic heterocycles. The average molecular weight is 125 g/mol. The summed E-state index contributed by atoms with van der Waals surface area (Å²) >= 11 is 0. The lowest BCUT2D eigenvalue weighted by molar-refractivity contribution is 0.449. The van der Waals surface area contributed by atoms with Crippen LogP contribution in [0.1, 0.15) is 18.7 Å². The van der Waals surface area contributed by atoms with Gasteiger partial charge < -0.3 is 9.73 Å². The van der Waals surface area contributed by atoms with Crippen molar-refractivity contribution in [3.63, 3.8) is 0 Å². The molecule has 0 aromatic carbocycles. The molecule has 0 bridgehead atoms. The van der Waals surface area contributed by atoms with Crippen molar-refractivity contribution in [2.75, 3.05) is 7.05 Å². The van der Waals surface area contributed by atoms with Crippen LogP contribution in [0.4, 0.5) is 0 Å². The fourth-order valence-electron chi connectivity index (χ4n) is 0.680. The molecule has 0 saturated heterocycles. The van der Waals surface area contributed by atoms with E-state index < -0.39 is 0 Å². The number of nitrogens with one attached hydrogen (secondary N) is 1. The van der Waals surface area contributed by atoms with E-state index in [-0.39, 0.29) is 0 Å². The molecule has 9 heavy (non-hydrogen) atoms. The quantitative estimate of drug-likeness (QED) is 0.648. The van der Waals surface area contributed by atoms with Gasteiger partial charge >= 0.3 is 0 Å². The van der Waals surface area contributed by atoms with Crippen molar-refractivity contribution in [3.05, 3.63) is 24.2 Å². The van der Waals surface area contributed by atoms with Crippen LogP contribution in [0.2, 0.25) is 0 Å². The van der Waals surface area contributed by atoms with Gasteiger partial charge in [0.25, 0.3) is 0 Å². The third-order valence-electron chi connectivity index (χ3n) is 1.40. The highest BCUT2D eigenvalue weighted by atomic mass is 16.3. The lowest BCUT2D eigenvalue weighted by Crippen LogP contribution is -2.10. The molecular formula is C7H11NO. The lowest BCUT2D eigenvalue weighted by Gasteiger charge is -2.03. The van der Waals surface area contributed by atoms with E-state index >= 15 is 0 Å². The van der Waals surface area contributed by atoms with Crippen molar-refractivity contribution in [1.82, 2.24) is 5.32 Å². The first-order valence-corrected chi connectivity index (χ1v) is 3.05. The van der Waals surface area contributed by atoms with Crippen LogP contribution in [0.15, 0.2) is 22.8 Å². The van der Waals surface area contributed by atoms with Crippen molar-refractivity contribution in [2.45, 2.75) is 13.0 Å². The van der Waals surface area contributed by atoms with Crippen LogP contribution in [0.5, 0.6) is 0 Å². The number of furan rings is 1. The zero-order valence-electron chi connectivity index (χ0n) is 5.72. The normalized spacial score (nSPS) is 13.6. The first-order valence-electron chi connectivity index (χ1n) is 3.05. The Hall–Kier alpha value is -0.760. The molecule has 1 unspecified atom stereocenters. The van der Waals surface area contributed by atoms with Crippen LogP contribution in [-0.4, -0.2) is 7.05 Å². The number of hydrogen-bond acceptors (Lipinski definition) is 2. The van der Waals surface area contributed by atoms with E-state index in [0.717, 1.165) is 5.76 Å². The SMILES string of the molecule is CNC(C)c1ccco1. The monoisotopic (exact) mass is 125 g/mol. The van der Waals surface area contributed by atoms with Gasteiger partial charge in [-0.15, -0.1) is 0 Å². The molecular weight excluding hydrogens is 114 g/mol. The first-order chi connectivity index (χ1) is 4.34. The topological polar surface area (TPSA) is 25.2 Å². The molecule has 1 rings (SSSR count). The molecule has 0 aliphatic heterocycles. The van der Waals surface area contributed by atoms with Gasteiger partial charge in [-0.2, -0.15) is 0 Å². The summed E-state index contributed by atoms with van der Waals surface area (Å²) in [6, 6.07) is 4.17. The molecule has 2 nitrogen and oxygen atoms in total. The molecule has 0 fully saturated rings. The van der Waals surface area contributed by atoms with E-state index in [2.05, 4.69) is 12.2 Å². The van der Waals surface area contributed by atoms with Crippen molar-refractivity contribution >= 4 is 0 Å². The van der Waals surface area contributed by atoms with Crippen LogP contribution >= 0.6 is 0 Å². The number of hydrogen-bond donors (Lipinski definition) is 1. The fraction of sp³-hybridized carbons (Fsp3) is 0.429. The van der Waals surface area contributed by atoms with Crippen molar-refractivity contribution in [2.24, 2.45) is 0 Å². The Morgan fingerprint density at radius 2 is 2.44 bits per heavy atom. The van der Waals surface area contributed by atoms with Crippen LogP contribution in [-0.2, 0) is 0 Å². The van der Waals surface area contributed by atoms with Gasteiger partial charge in [-0.1, -0.05) is 0 Å². The summed E-state index contributed by atoms with van der Waals surface area (Å²) in [6.45, 7) is 2.05. The van der Waals surface area contributed by atoms with E-state index in [1.807, 2.05) is 19.2 Å². The minimum absolute atomic E-state index is 0.319. The largest absolute Gasteiger partial charge is 0.468 e. The molecule has 1 heterocycles. The lowest BCUT2D eigenvalue weighted by atomic mass is 10.3. The smallest absolute Gasteiger partial charge is 0.120 e. The maximum Gasteiger partial charge on any atom is 0.120 e. The van der Waals surface area contributed by atoms with Gasteiger partial charge in [-0.05, 0) is 26.1 Å². The highest BCUT2D eigenvalue weighted by Gasteiger charge is 2.02. The number of rotatable bonds is 2. The molecule has 1 atom stereocenters. The zero-order chi connectivity index (χ0) is 6.69. The molecule has 2 heteroatoms. The molecule has 0 aliphatic carbocycles. The molecule has 0 spiro atoms. The first kappa shape index (κ1) is 6.36. The summed E-state index contributed by atoms with van der Waals surface area (Å²) < 4.78 is 5.12. The van der Waals surface area contributed by atoms with Gasteiger partial charge in [0.2, 0.25) is 0 Å². The highest BCUT2D eigenvalue weighted by molar-refractivity contribution is 5.02. The molecule has 50 valence electrons. The van der Waals surface area contributed by atoms with Crippen molar-refractivity contribution in [1.29, 1.82) is 0 Å². The van der Waals surface area contributed by atoms with Gasteiger partial charge in [0, 0.05) is 0 Å². The Morgan fingerprint density at radius 1 is 1.67 bits per heavy atom. The van der Waals surface area contributed by atoms with Gasteiger partial charge in [0.05, 0.1) is 12.3 Å². The van der Waals surface area contributed by atoms with Gasteiger partial charge in [-0.25, -0.2) is 0 Å². The maximum absolute atomic E-state index is 5.12. The minimum Gasteiger partial charge on any atom is -0.468 e. The molecule has 1 aromatic rings. The van der Waals surface area contributed by atoms with Gasteiger partial charge in [0.1, 0.15) is 5.76 Å². The summed E-state index contributed by atoms with van der Waals surface area (Å²) in [4.78, 5) is 0. The second-order valence-electron chi connectivity index (χ2n) is 2.03. The summed E-state index contributed by atoms with van der Waals surface area (Å²) in [5.74, 6) is 0.984. The van der Waals surface area contributed by atoms with Crippen LogP contribution < -0.4 is 5.32 Å². The third kappa shape index (κ3) is 1.33. The van der Waals surface area contributed by atoms with E-state index in [9.17, 15) is 0 Å². The summed E-state index contributed by atoms with van der Waals surface area (Å²) in [5.41, 5.74) is 0. The molecule has 0 saturated carbocycles. The fourth-order valence-corrected chi connectivity index (χ4v) is 0.680. The van der Waals surface area contributed by atoms with Crippen molar-refractivity contribution < 1.29 is 4.42 Å². The Bertz CT molecular complexity index is 157. The molecule has 0 aliphatic rings. The summed E-state index contributed by atoms with van der Waals surface area (Å²) in [5, 5.41) is 3.07. The summed E-state index contributed by atoms with van der Waals surface area (Å²) in [7, 11) is 1.91. The predicted octanol–water partition coefficient (Wildman–Crippen LogP) is 1.56. The Labute approximate surface area is 54.9 Å². The average Bonchev–Trinajstić information content (AvgIpc) is 2.37. The van der Waals surface area contributed by atoms with Crippen LogP contribution in [0.3, 0.4) is 0 Å². The Balaban J connectivity index is 2.65. The second kappa shape index (κ2) is 2.69. The standard InChI is InChI=1S/C7H11NO/c1-6(8-2)7-4-3-5-9-7/h3-6,8H,1-2H3. The van der Waals surface area contributed by atoms with Crippen molar-refractivity contribution in [3.8, 4) is 0 Å². The predicted molar refractivity (Wildman–Crippen MR) is 36.2 cm³/mol. The second-order valence-corrected chi connectivity index (χ2v) is 2.03. The summed E-state index contributed by atoms with van der Waals surface area (Å²) in [6.07, 6.45) is 1.68. The highest BCUT2D eigenvalue weighted by Crippen LogP contribution is 2.10. The van der Waals surface area contributed by atoms with Crippen LogP contribution in [0.25, 0.3) is 0 Å². The van der Waals surface area contributed by atoms with E-state index in [1.54, 1.807) is 6.26 Å². The van der Waals surface area contributed by atoms with Gasteiger partial charge in [-0.3, -0.25) is 0 Å². The molecule has 1 N–H and O–H groups in total. The van der Waals surface area contributed by atoms with Crippen LogP contribution in [0, 0.1) is 0 Å². The van der Waals surface area contributed by atoms with Gasteiger partial charge in [0.15, 0.2) is 0 Å². The Kier molecular flexibility index (Phi) is 1.90. The zero-order valence-corrected chi connectivity index (χ0v) is 5.72. The van der Waals surface area contributed by atoms with E-state index in [0.29, 0.717) is 6.04 Å². The Morgan fingerprint density at radius 3 is 2.89 bits per heavy atom.